The Morgan fingerprint density at radius 3 is 2.70 bits per heavy atom. The van der Waals surface area contributed by atoms with Crippen LogP contribution in [0, 0.1) is 0 Å². The normalized spacial score (nSPS) is 12.6. The van der Waals surface area contributed by atoms with E-state index < -0.39 is 12.0 Å². The zero-order chi connectivity index (χ0) is 14.7. The van der Waals surface area contributed by atoms with E-state index >= 15 is 0 Å². The fourth-order valence-corrected chi connectivity index (χ4v) is 1.70. The van der Waals surface area contributed by atoms with Crippen LogP contribution >= 0.6 is 11.6 Å². The molecule has 0 saturated heterocycles. The van der Waals surface area contributed by atoms with Gasteiger partial charge < -0.3 is 9.63 Å². The first kappa shape index (κ1) is 14.5. The van der Waals surface area contributed by atoms with Gasteiger partial charge in [0.15, 0.2) is 0 Å². The summed E-state index contributed by atoms with van der Waals surface area (Å²) in [6.07, 6.45) is 0. The molecular weight excluding hydrogens is 282 g/mol. The zero-order valence-electron chi connectivity index (χ0n) is 11.1. The van der Waals surface area contributed by atoms with E-state index in [9.17, 15) is 4.79 Å². The molecule has 1 heterocycles. The van der Waals surface area contributed by atoms with Crippen LogP contribution in [-0.4, -0.2) is 39.2 Å². The van der Waals surface area contributed by atoms with E-state index in [-0.39, 0.29) is 6.54 Å². The van der Waals surface area contributed by atoms with Gasteiger partial charge in [-0.2, -0.15) is 4.98 Å². The predicted molar refractivity (Wildman–Crippen MR) is 73.3 cm³/mol. The van der Waals surface area contributed by atoms with Crippen molar-refractivity contribution < 1.29 is 14.4 Å². The fraction of sp³-hybridized carbons (Fsp3) is 0.308. The maximum atomic E-state index is 10.9. The third kappa shape index (κ3) is 3.34. The first-order valence-corrected chi connectivity index (χ1v) is 6.36. The molecule has 1 aromatic heterocycles. The number of carbonyl (C=O) groups is 1. The van der Waals surface area contributed by atoms with E-state index in [1.807, 2.05) is 0 Å². The Hall–Kier alpha value is -1.92. The van der Waals surface area contributed by atoms with Crippen molar-refractivity contribution in [2.24, 2.45) is 0 Å². The summed E-state index contributed by atoms with van der Waals surface area (Å²) in [5, 5.41) is 13.4. The van der Waals surface area contributed by atoms with Crippen LogP contribution in [0.3, 0.4) is 0 Å². The van der Waals surface area contributed by atoms with E-state index in [1.165, 1.54) is 0 Å². The van der Waals surface area contributed by atoms with Gasteiger partial charge in [0.2, 0.25) is 11.7 Å². The van der Waals surface area contributed by atoms with Gasteiger partial charge in [-0.3, -0.25) is 9.69 Å². The van der Waals surface area contributed by atoms with E-state index in [1.54, 1.807) is 43.1 Å². The molecule has 7 heteroatoms. The standard InChI is InChI=1S/C13H14ClN3O3/c1-8(13(18)19)17(2)7-11-15-12(16-20-11)9-3-5-10(14)6-4-9/h3-6,8H,7H2,1-2H3,(H,18,19). The number of carboxylic acid groups (broad SMARTS) is 1. The minimum Gasteiger partial charge on any atom is -0.480 e. The van der Waals surface area contributed by atoms with Gasteiger partial charge >= 0.3 is 5.97 Å². The Balaban J connectivity index is 2.09. The van der Waals surface area contributed by atoms with Crippen LogP contribution in [-0.2, 0) is 11.3 Å². The van der Waals surface area contributed by atoms with Crippen LogP contribution in [0.15, 0.2) is 28.8 Å². The maximum Gasteiger partial charge on any atom is 0.320 e. The highest BCUT2D eigenvalue weighted by atomic mass is 35.5. The molecule has 1 aromatic carbocycles. The lowest BCUT2D eigenvalue weighted by molar-refractivity contribution is -0.142. The second-order valence-corrected chi connectivity index (χ2v) is 4.88. The smallest absolute Gasteiger partial charge is 0.320 e. The van der Waals surface area contributed by atoms with E-state index in [0.717, 1.165) is 5.56 Å². The van der Waals surface area contributed by atoms with Gasteiger partial charge in [0, 0.05) is 10.6 Å². The molecule has 106 valence electrons. The molecule has 1 N–H and O–H groups in total. The molecular formula is C13H14ClN3O3. The molecule has 0 fully saturated rings. The molecule has 0 saturated carbocycles. The molecule has 0 radical (unpaired) electrons. The van der Waals surface area contributed by atoms with E-state index in [4.69, 9.17) is 21.2 Å². The molecule has 0 aliphatic rings. The topological polar surface area (TPSA) is 79.5 Å². The lowest BCUT2D eigenvalue weighted by atomic mass is 10.2. The average Bonchev–Trinajstić information content (AvgIpc) is 2.87. The SMILES string of the molecule is CC(C(=O)O)N(C)Cc1nc(-c2ccc(Cl)cc2)no1. The molecule has 1 unspecified atom stereocenters. The van der Waals surface area contributed by atoms with Gasteiger partial charge in [0.05, 0.1) is 6.54 Å². The van der Waals surface area contributed by atoms with Crippen LogP contribution in [0.5, 0.6) is 0 Å². The summed E-state index contributed by atoms with van der Waals surface area (Å²) in [6, 6.07) is 6.44. The summed E-state index contributed by atoms with van der Waals surface area (Å²) in [6.45, 7) is 1.87. The Morgan fingerprint density at radius 2 is 2.10 bits per heavy atom. The Bertz CT molecular complexity index is 597. The van der Waals surface area contributed by atoms with Crippen LogP contribution in [0.1, 0.15) is 12.8 Å². The number of carboxylic acids is 1. The van der Waals surface area contributed by atoms with Crippen molar-refractivity contribution >= 4 is 17.6 Å². The number of nitrogens with zero attached hydrogens (tertiary/aromatic N) is 3. The molecule has 2 aromatic rings. The highest BCUT2D eigenvalue weighted by molar-refractivity contribution is 6.30. The minimum absolute atomic E-state index is 0.272. The van der Waals surface area contributed by atoms with Crippen LogP contribution < -0.4 is 0 Å². The Labute approximate surface area is 121 Å². The zero-order valence-corrected chi connectivity index (χ0v) is 11.8. The summed E-state index contributed by atoms with van der Waals surface area (Å²) >= 11 is 5.81. The summed E-state index contributed by atoms with van der Waals surface area (Å²) in [5.41, 5.74) is 0.790. The lowest BCUT2D eigenvalue weighted by Crippen LogP contribution is -2.35. The third-order valence-corrected chi connectivity index (χ3v) is 3.23. The van der Waals surface area contributed by atoms with Crippen molar-refractivity contribution in [3.8, 4) is 11.4 Å². The summed E-state index contributed by atoms with van der Waals surface area (Å²) in [5.74, 6) is -0.0801. The van der Waals surface area contributed by atoms with Crippen LogP contribution in [0.4, 0.5) is 0 Å². The number of likely N-dealkylation sites (N-methyl/N-ethyl adjacent to an activating group) is 1. The molecule has 1 atom stereocenters. The predicted octanol–water partition coefficient (Wildman–Crippen LogP) is 2.29. The molecule has 0 aliphatic carbocycles. The average molecular weight is 296 g/mol. The largest absolute Gasteiger partial charge is 0.480 e. The van der Waals surface area contributed by atoms with E-state index in [0.29, 0.717) is 16.7 Å². The van der Waals surface area contributed by atoms with Gasteiger partial charge in [0.1, 0.15) is 6.04 Å². The molecule has 0 amide bonds. The molecule has 0 spiro atoms. The van der Waals surface area contributed by atoms with Gasteiger partial charge in [-0.1, -0.05) is 16.8 Å². The number of aromatic nitrogens is 2. The first-order chi connectivity index (χ1) is 9.47. The maximum absolute atomic E-state index is 10.9. The number of aliphatic carboxylic acids is 1. The Morgan fingerprint density at radius 1 is 1.45 bits per heavy atom. The van der Waals surface area contributed by atoms with Crippen molar-refractivity contribution in [3.05, 3.63) is 35.2 Å². The summed E-state index contributed by atoms with van der Waals surface area (Å²) in [4.78, 5) is 16.7. The third-order valence-electron chi connectivity index (χ3n) is 2.97. The number of rotatable bonds is 5. The van der Waals surface area contributed by atoms with Gasteiger partial charge in [-0.15, -0.1) is 0 Å². The molecule has 0 aliphatic heterocycles. The van der Waals surface area contributed by atoms with Crippen LogP contribution in [0.2, 0.25) is 5.02 Å². The van der Waals surface area contributed by atoms with Crippen molar-refractivity contribution in [1.29, 1.82) is 0 Å². The number of hydrogen-bond acceptors (Lipinski definition) is 5. The van der Waals surface area contributed by atoms with Crippen molar-refractivity contribution in [2.75, 3.05) is 7.05 Å². The first-order valence-electron chi connectivity index (χ1n) is 5.99. The molecule has 0 bridgehead atoms. The Kier molecular flexibility index (Phi) is 4.36. The molecule has 20 heavy (non-hydrogen) atoms. The second kappa shape index (κ2) is 6.02. The number of benzene rings is 1. The van der Waals surface area contributed by atoms with E-state index in [2.05, 4.69) is 10.1 Å². The van der Waals surface area contributed by atoms with Crippen molar-refractivity contribution in [3.63, 3.8) is 0 Å². The summed E-state index contributed by atoms with van der Waals surface area (Å²) < 4.78 is 5.12. The van der Waals surface area contributed by atoms with Gasteiger partial charge in [-0.05, 0) is 38.2 Å². The molecule has 2 rings (SSSR count). The van der Waals surface area contributed by atoms with Crippen molar-refractivity contribution in [2.45, 2.75) is 19.5 Å². The second-order valence-electron chi connectivity index (χ2n) is 4.45. The minimum atomic E-state index is -0.898. The lowest BCUT2D eigenvalue weighted by Gasteiger charge is -2.18. The van der Waals surface area contributed by atoms with Crippen LogP contribution in [0.25, 0.3) is 11.4 Å². The number of hydrogen-bond donors (Lipinski definition) is 1. The highest BCUT2D eigenvalue weighted by Gasteiger charge is 2.19. The number of halogens is 1. The summed E-state index contributed by atoms with van der Waals surface area (Å²) in [7, 11) is 1.69. The fourth-order valence-electron chi connectivity index (χ4n) is 1.57. The van der Waals surface area contributed by atoms with Gasteiger partial charge in [0.25, 0.3) is 0 Å². The van der Waals surface area contributed by atoms with Crippen molar-refractivity contribution in [1.82, 2.24) is 15.0 Å². The molecule has 6 nitrogen and oxygen atoms in total. The quantitative estimate of drug-likeness (QED) is 0.911. The highest BCUT2D eigenvalue weighted by Crippen LogP contribution is 2.19. The monoisotopic (exact) mass is 295 g/mol. The van der Waals surface area contributed by atoms with Gasteiger partial charge in [-0.25, -0.2) is 0 Å².